The number of ether oxygens (including phenoxy) is 1. The van der Waals surface area contributed by atoms with Crippen LogP contribution in [0.3, 0.4) is 0 Å². The maximum Gasteiger partial charge on any atom is 0.240 e. The van der Waals surface area contributed by atoms with Crippen molar-refractivity contribution in [3.63, 3.8) is 0 Å². The number of hydrogen-bond acceptors (Lipinski definition) is 4. The molecular weight excluding hydrogens is 314 g/mol. The van der Waals surface area contributed by atoms with Crippen LogP contribution in [0, 0.1) is 0 Å². The molecule has 0 unspecified atom stereocenters. The predicted octanol–water partition coefficient (Wildman–Crippen LogP) is 2.91. The molecular formula is C17H25NO4S. The summed E-state index contributed by atoms with van der Waals surface area (Å²) in [6, 6.07) is 5.97. The lowest BCUT2D eigenvalue weighted by molar-refractivity contribution is 0.0278. The van der Waals surface area contributed by atoms with Crippen LogP contribution < -0.4 is 4.72 Å². The SMILES string of the molecule is CC(=O)c1ccc(S(=O)(=O)NCCCOC2CCCCC2)cc1. The fraction of sp³-hybridized carbons (Fsp3) is 0.588. The highest BCUT2D eigenvalue weighted by Crippen LogP contribution is 2.20. The number of ketones is 1. The second-order valence-corrected chi connectivity index (χ2v) is 7.73. The van der Waals surface area contributed by atoms with Crippen LogP contribution in [0.25, 0.3) is 0 Å². The zero-order valence-corrected chi connectivity index (χ0v) is 14.4. The van der Waals surface area contributed by atoms with Crippen molar-refractivity contribution in [2.75, 3.05) is 13.2 Å². The van der Waals surface area contributed by atoms with Crippen LogP contribution in [0.4, 0.5) is 0 Å². The lowest BCUT2D eigenvalue weighted by Crippen LogP contribution is -2.26. The molecule has 6 heteroatoms. The van der Waals surface area contributed by atoms with Gasteiger partial charge in [-0.05, 0) is 38.3 Å². The monoisotopic (exact) mass is 339 g/mol. The Balaban J connectivity index is 1.74. The van der Waals surface area contributed by atoms with Gasteiger partial charge in [-0.15, -0.1) is 0 Å². The summed E-state index contributed by atoms with van der Waals surface area (Å²) >= 11 is 0. The van der Waals surface area contributed by atoms with Gasteiger partial charge in [0.2, 0.25) is 10.0 Å². The van der Waals surface area contributed by atoms with Crippen LogP contribution in [0.2, 0.25) is 0 Å². The number of carbonyl (C=O) groups is 1. The second kappa shape index (κ2) is 8.57. The summed E-state index contributed by atoms with van der Waals surface area (Å²) < 4.78 is 32.6. The summed E-state index contributed by atoms with van der Waals surface area (Å²) in [4.78, 5) is 11.4. The molecule has 0 bridgehead atoms. The fourth-order valence-electron chi connectivity index (χ4n) is 2.71. The molecule has 0 aliphatic heterocycles. The summed E-state index contributed by atoms with van der Waals surface area (Å²) in [5.41, 5.74) is 0.504. The van der Waals surface area contributed by atoms with Crippen LogP contribution in [-0.4, -0.2) is 33.5 Å². The largest absolute Gasteiger partial charge is 0.378 e. The number of sulfonamides is 1. The summed E-state index contributed by atoms with van der Waals surface area (Å²) in [7, 11) is -3.52. The third-order valence-corrected chi connectivity index (χ3v) is 5.57. The number of benzene rings is 1. The van der Waals surface area contributed by atoms with Crippen LogP contribution in [0.5, 0.6) is 0 Å². The molecule has 1 aliphatic carbocycles. The van der Waals surface area contributed by atoms with E-state index in [-0.39, 0.29) is 10.7 Å². The van der Waals surface area contributed by atoms with E-state index in [1.54, 1.807) is 0 Å². The first kappa shape index (κ1) is 18.1. The lowest BCUT2D eigenvalue weighted by Gasteiger charge is -2.21. The van der Waals surface area contributed by atoms with E-state index in [0.29, 0.717) is 31.2 Å². The topological polar surface area (TPSA) is 72.5 Å². The van der Waals surface area contributed by atoms with Gasteiger partial charge >= 0.3 is 0 Å². The number of rotatable bonds is 8. The van der Waals surface area contributed by atoms with Crippen molar-refractivity contribution in [1.29, 1.82) is 0 Å². The van der Waals surface area contributed by atoms with E-state index < -0.39 is 10.0 Å². The van der Waals surface area contributed by atoms with E-state index in [2.05, 4.69) is 4.72 Å². The Morgan fingerprint density at radius 2 is 1.83 bits per heavy atom. The van der Waals surface area contributed by atoms with E-state index in [0.717, 1.165) is 12.8 Å². The Kier molecular flexibility index (Phi) is 6.74. The highest BCUT2D eigenvalue weighted by molar-refractivity contribution is 7.89. The number of carbonyl (C=O) groups excluding carboxylic acids is 1. The van der Waals surface area contributed by atoms with Gasteiger partial charge in [-0.25, -0.2) is 13.1 Å². The van der Waals surface area contributed by atoms with Crippen LogP contribution in [0.15, 0.2) is 29.2 Å². The molecule has 1 aromatic carbocycles. The van der Waals surface area contributed by atoms with Crippen molar-refractivity contribution in [3.05, 3.63) is 29.8 Å². The fourth-order valence-corrected chi connectivity index (χ4v) is 3.79. The summed E-state index contributed by atoms with van der Waals surface area (Å²) in [5.74, 6) is -0.0817. The zero-order chi connectivity index (χ0) is 16.7. The maximum atomic E-state index is 12.1. The summed E-state index contributed by atoms with van der Waals surface area (Å²) in [6.07, 6.45) is 6.99. The van der Waals surface area contributed by atoms with Crippen molar-refractivity contribution in [2.45, 2.75) is 56.4 Å². The standard InChI is InChI=1S/C17H25NO4S/c1-14(19)15-8-10-17(11-9-15)23(20,21)18-12-5-13-22-16-6-3-2-4-7-16/h8-11,16,18H,2-7,12-13H2,1H3. The molecule has 1 saturated carbocycles. The Morgan fingerprint density at radius 3 is 2.43 bits per heavy atom. The van der Waals surface area contributed by atoms with Crippen LogP contribution in [0.1, 0.15) is 55.8 Å². The average Bonchev–Trinajstić information content (AvgIpc) is 2.55. The molecule has 1 N–H and O–H groups in total. The van der Waals surface area contributed by atoms with E-state index in [4.69, 9.17) is 4.74 Å². The molecule has 0 amide bonds. The Bertz CT molecular complexity index is 604. The molecule has 0 saturated heterocycles. The van der Waals surface area contributed by atoms with Gasteiger partial charge < -0.3 is 4.74 Å². The van der Waals surface area contributed by atoms with Gasteiger partial charge in [0.1, 0.15) is 0 Å². The molecule has 0 heterocycles. The Labute approximate surface area is 138 Å². The van der Waals surface area contributed by atoms with Gasteiger partial charge in [0.15, 0.2) is 5.78 Å². The highest BCUT2D eigenvalue weighted by atomic mass is 32.2. The quantitative estimate of drug-likeness (QED) is 0.584. The van der Waals surface area contributed by atoms with E-state index >= 15 is 0 Å². The first-order chi connectivity index (χ1) is 11.0. The third kappa shape index (κ3) is 5.71. The van der Waals surface area contributed by atoms with E-state index in [1.165, 1.54) is 50.5 Å². The minimum Gasteiger partial charge on any atom is -0.378 e. The molecule has 0 aromatic heterocycles. The van der Waals surface area contributed by atoms with Gasteiger partial charge in [0, 0.05) is 18.7 Å². The van der Waals surface area contributed by atoms with Crippen LogP contribution in [-0.2, 0) is 14.8 Å². The Hall–Kier alpha value is -1.24. The molecule has 128 valence electrons. The zero-order valence-electron chi connectivity index (χ0n) is 13.6. The lowest BCUT2D eigenvalue weighted by atomic mass is 9.98. The first-order valence-electron chi connectivity index (χ1n) is 8.21. The Morgan fingerprint density at radius 1 is 1.17 bits per heavy atom. The second-order valence-electron chi connectivity index (χ2n) is 5.96. The normalized spacial score (nSPS) is 16.4. The molecule has 0 atom stereocenters. The minimum absolute atomic E-state index is 0.0817. The van der Waals surface area contributed by atoms with Gasteiger partial charge in [-0.2, -0.15) is 0 Å². The van der Waals surface area contributed by atoms with Crippen molar-refractivity contribution >= 4 is 15.8 Å². The third-order valence-electron chi connectivity index (χ3n) is 4.09. The molecule has 5 nitrogen and oxygen atoms in total. The van der Waals surface area contributed by atoms with Crippen molar-refractivity contribution in [2.24, 2.45) is 0 Å². The highest BCUT2D eigenvalue weighted by Gasteiger charge is 2.15. The van der Waals surface area contributed by atoms with E-state index in [1.807, 2.05) is 0 Å². The molecule has 1 aromatic rings. The van der Waals surface area contributed by atoms with Crippen molar-refractivity contribution < 1.29 is 17.9 Å². The molecule has 0 radical (unpaired) electrons. The molecule has 23 heavy (non-hydrogen) atoms. The molecule has 1 fully saturated rings. The molecule has 0 spiro atoms. The van der Waals surface area contributed by atoms with Crippen molar-refractivity contribution in [1.82, 2.24) is 4.72 Å². The van der Waals surface area contributed by atoms with Gasteiger partial charge in [0.25, 0.3) is 0 Å². The maximum absolute atomic E-state index is 12.1. The van der Waals surface area contributed by atoms with Gasteiger partial charge in [0.05, 0.1) is 11.0 Å². The molecule has 1 aliphatic rings. The number of Topliss-reactive ketones (excluding diaryl/α,β-unsaturated/α-hetero) is 1. The summed E-state index contributed by atoms with van der Waals surface area (Å²) in [6.45, 7) is 2.38. The van der Waals surface area contributed by atoms with Crippen molar-refractivity contribution in [3.8, 4) is 0 Å². The number of nitrogens with one attached hydrogen (secondary N) is 1. The number of hydrogen-bond donors (Lipinski definition) is 1. The first-order valence-corrected chi connectivity index (χ1v) is 9.69. The van der Waals surface area contributed by atoms with Gasteiger partial charge in [-0.1, -0.05) is 31.4 Å². The smallest absolute Gasteiger partial charge is 0.240 e. The predicted molar refractivity (Wildman–Crippen MR) is 89.1 cm³/mol. The van der Waals surface area contributed by atoms with E-state index in [9.17, 15) is 13.2 Å². The van der Waals surface area contributed by atoms with Gasteiger partial charge in [-0.3, -0.25) is 4.79 Å². The minimum atomic E-state index is -3.52. The molecule has 2 rings (SSSR count). The van der Waals surface area contributed by atoms with Crippen LogP contribution >= 0.6 is 0 Å². The average molecular weight is 339 g/mol. The summed E-state index contributed by atoms with van der Waals surface area (Å²) in [5, 5.41) is 0.